The van der Waals surface area contributed by atoms with Gasteiger partial charge in [-0.1, -0.05) is 0 Å². The molecule has 0 aromatic carbocycles. The molecule has 1 aromatic rings. The number of halogens is 1. The molecule has 0 spiro atoms. The first-order chi connectivity index (χ1) is 7.00. The quantitative estimate of drug-likeness (QED) is 0.792. The number of hydrogen-bond donors (Lipinski definition) is 1. The zero-order valence-corrected chi connectivity index (χ0v) is 9.68. The van der Waals surface area contributed by atoms with Gasteiger partial charge in [0.15, 0.2) is 0 Å². The topological polar surface area (TPSA) is 79.9 Å². The van der Waals surface area contributed by atoms with E-state index >= 15 is 0 Å². The molecule has 0 aliphatic heterocycles. The number of alkyl halides is 1. The number of rotatable bonds is 4. The highest BCUT2D eigenvalue weighted by Gasteiger charge is 2.26. The molecule has 0 amide bonds. The van der Waals surface area contributed by atoms with Crippen LogP contribution < -0.4 is 5.56 Å². The monoisotopic (exact) mass is 250 g/mol. The second-order valence-corrected chi connectivity index (χ2v) is 5.72. The zero-order valence-electron chi connectivity index (χ0n) is 8.10. The predicted octanol–water partition coefficient (Wildman–Crippen LogP) is 0.561. The summed E-state index contributed by atoms with van der Waals surface area (Å²) in [5, 5.41) is -1.14. The maximum absolute atomic E-state index is 11.8. The predicted molar refractivity (Wildman–Crippen MR) is 56.8 cm³/mol. The molecule has 1 atom stereocenters. The molecule has 0 saturated carbocycles. The Hall–Kier alpha value is -0.880. The molecule has 0 radical (unpaired) electrons. The number of aromatic nitrogens is 2. The number of nitrogens with zero attached hydrogens (tertiary/aromatic N) is 1. The lowest BCUT2D eigenvalue weighted by Crippen LogP contribution is -2.27. The van der Waals surface area contributed by atoms with E-state index in [1.165, 1.54) is 19.3 Å². The highest BCUT2D eigenvalue weighted by atomic mass is 35.5. The first kappa shape index (κ1) is 12.2. The van der Waals surface area contributed by atoms with Gasteiger partial charge in [-0.2, -0.15) is 0 Å². The summed E-state index contributed by atoms with van der Waals surface area (Å²) in [6, 6.07) is 0. The molecule has 0 bridgehead atoms. The molecule has 84 valence electrons. The minimum Gasteiger partial charge on any atom is -0.325 e. The average molecular weight is 251 g/mol. The Bertz CT molecular complexity index is 483. The Morgan fingerprint density at radius 3 is 2.80 bits per heavy atom. The summed E-state index contributed by atoms with van der Waals surface area (Å²) in [4.78, 5) is 17.1. The lowest BCUT2D eigenvalue weighted by molar-refractivity contribution is 0.575. The summed E-state index contributed by atoms with van der Waals surface area (Å²) in [5.74, 6) is 0.227. The number of H-pyrrole nitrogens is 1. The number of aromatic amines is 1. The molecule has 7 heteroatoms. The molecule has 1 heterocycles. The van der Waals surface area contributed by atoms with Crippen molar-refractivity contribution in [2.75, 3.05) is 5.88 Å². The van der Waals surface area contributed by atoms with Crippen molar-refractivity contribution in [1.82, 2.24) is 9.97 Å². The van der Waals surface area contributed by atoms with Gasteiger partial charge in [0.25, 0.3) is 5.56 Å². The Balaban J connectivity index is 3.18. The standard InChI is InChI=1S/C8H11ClN2O3S/c1-6(2-3-9)15(13,14)8-7(12)10-4-5-11-8/h4-6H,2-3H2,1H3,(H,10,12). The number of hydrogen-bond acceptors (Lipinski definition) is 4. The first-order valence-electron chi connectivity index (χ1n) is 4.33. The SMILES string of the molecule is CC(CCCl)S(=O)(=O)c1ncc[nH]c1=O. The van der Waals surface area contributed by atoms with Crippen LogP contribution in [-0.4, -0.2) is 29.5 Å². The third kappa shape index (κ3) is 2.57. The number of sulfone groups is 1. The van der Waals surface area contributed by atoms with E-state index in [0.717, 1.165) is 0 Å². The molecule has 0 saturated heterocycles. The molecule has 0 aliphatic carbocycles. The van der Waals surface area contributed by atoms with Gasteiger partial charge in [-0.25, -0.2) is 13.4 Å². The smallest absolute Gasteiger partial charge is 0.285 e. The van der Waals surface area contributed by atoms with Crippen molar-refractivity contribution in [2.24, 2.45) is 0 Å². The van der Waals surface area contributed by atoms with Crippen LogP contribution in [0.25, 0.3) is 0 Å². The van der Waals surface area contributed by atoms with Crippen molar-refractivity contribution in [3.8, 4) is 0 Å². The van der Waals surface area contributed by atoms with Crippen molar-refractivity contribution < 1.29 is 8.42 Å². The zero-order chi connectivity index (χ0) is 11.5. The Morgan fingerprint density at radius 2 is 2.27 bits per heavy atom. The fraction of sp³-hybridized carbons (Fsp3) is 0.500. The van der Waals surface area contributed by atoms with Gasteiger partial charge in [0.05, 0.1) is 5.25 Å². The molecular weight excluding hydrogens is 240 g/mol. The molecular formula is C8H11ClN2O3S. The van der Waals surface area contributed by atoms with E-state index in [1.54, 1.807) is 0 Å². The van der Waals surface area contributed by atoms with Crippen LogP contribution in [0.3, 0.4) is 0 Å². The fourth-order valence-corrected chi connectivity index (χ4v) is 2.83. The van der Waals surface area contributed by atoms with E-state index in [-0.39, 0.29) is 5.88 Å². The normalized spacial score (nSPS) is 13.7. The Morgan fingerprint density at radius 1 is 1.60 bits per heavy atom. The van der Waals surface area contributed by atoms with Crippen LogP contribution in [0.2, 0.25) is 0 Å². The minimum absolute atomic E-state index is 0.227. The average Bonchev–Trinajstić information content (AvgIpc) is 2.18. The molecule has 0 fully saturated rings. The van der Waals surface area contributed by atoms with Gasteiger partial charge in [-0.3, -0.25) is 4.79 Å². The van der Waals surface area contributed by atoms with E-state index in [9.17, 15) is 13.2 Å². The van der Waals surface area contributed by atoms with Crippen LogP contribution in [0, 0.1) is 0 Å². The minimum atomic E-state index is -3.67. The third-order valence-electron chi connectivity index (χ3n) is 1.99. The van der Waals surface area contributed by atoms with Crippen molar-refractivity contribution in [2.45, 2.75) is 23.6 Å². The van der Waals surface area contributed by atoms with Gasteiger partial charge < -0.3 is 4.98 Å². The highest BCUT2D eigenvalue weighted by Crippen LogP contribution is 2.12. The van der Waals surface area contributed by atoms with Gasteiger partial charge in [-0.15, -0.1) is 11.6 Å². The van der Waals surface area contributed by atoms with E-state index < -0.39 is 25.7 Å². The van der Waals surface area contributed by atoms with Gasteiger partial charge in [0, 0.05) is 18.3 Å². The van der Waals surface area contributed by atoms with Crippen molar-refractivity contribution in [1.29, 1.82) is 0 Å². The van der Waals surface area contributed by atoms with Crippen LogP contribution in [0.5, 0.6) is 0 Å². The lowest BCUT2D eigenvalue weighted by atomic mass is 10.4. The van der Waals surface area contributed by atoms with E-state index in [4.69, 9.17) is 11.6 Å². The second-order valence-electron chi connectivity index (χ2n) is 3.06. The third-order valence-corrected chi connectivity index (χ3v) is 4.33. The first-order valence-corrected chi connectivity index (χ1v) is 6.41. The van der Waals surface area contributed by atoms with Crippen LogP contribution in [0.4, 0.5) is 0 Å². The van der Waals surface area contributed by atoms with Gasteiger partial charge >= 0.3 is 0 Å². The van der Waals surface area contributed by atoms with Crippen LogP contribution in [0.15, 0.2) is 22.2 Å². The summed E-state index contributed by atoms with van der Waals surface area (Å²) in [6.45, 7) is 1.51. The van der Waals surface area contributed by atoms with Crippen LogP contribution in [0.1, 0.15) is 13.3 Å². The van der Waals surface area contributed by atoms with Crippen LogP contribution >= 0.6 is 11.6 Å². The van der Waals surface area contributed by atoms with Gasteiger partial charge in [0.1, 0.15) is 0 Å². The van der Waals surface area contributed by atoms with Crippen molar-refractivity contribution in [3.05, 3.63) is 22.7 Å². The Kier molecular flexibility index (Phi) is 3.87. The molecule has 1 rings (SSSR count). The van der Waals surface area contributed by atoms with Crippen molar-refractivity contribution in [3.63, 3.8) is 0 Å². The molecule has 1 unspecified atom stereocenters. The lowest BCUT2D eigenvalue weighted by Gasteiger charge is -2.09. The maximum atomic E-state index is 11.8. The highest BCUT2D eigenvalue weighted by molar-refractivity contribution is 7.91. The molecule has 1 N–H and O–H groups in total. The largest absolute Gasteiger partial charge is 0.325 e. The number of nitrogens with one attached hydrogen (secondary N) is 1. The van der Waals surface area contributed by atoms with Gasteiger partial charge in [-0.05, 0) is 13.3 Å². The van der Waals surface area contributed by atoms with Crippen molar-refractivity contribution >= 4 is 21.4 Å². The molecule has 0 aliphatic rings. The van der Waals surface area contributed by atoms with E-state index in [0.29, 0.717) is 6.42 Å². The fourth-order valence-electron chi connectivity index (χ4n) is 1.04. The summed E-state index contributed by atoms with van der Waals surface area (Å²) in [7, 11) is -3.67. The molecule has 5 nitrogen and oxygen atoms in total. The van der Waals surface area contributed by atoms with Crippen LogP contribution in [-0.2, 0) is 9.84 Å². The Labute approximate surface area is 92.4 Å². The molecule has 1 aromatic heterocycles. The van der Waals surface area contributed by atoms with E-state index in [2.05, 4.69) is 9.97 Å². The summed E-state index contributed by atoms with van der Waals surface area (Å²) in [5.41, 5.74) is -0.695. The van der Waals surface area contributed by atoms with E-state index in [1.807, 2.05) is 0 Å². The summed E-state index contributed by atoms with van der Waals surface area (Å²) >= 11 is 5.46. The maximum Gasteiger partial charge on any atom is 0.285 e. The summed E-state index contributed by atoms with van der Waals surface area (Å²) < 4.78 is 23.6. The second kappa shape index (κ2) is 4.76. The molecule has 15 heavy (non-hydrogen) atoms. The summed E-state index contributed by atoms with van der Waals surface area (Å²) in [6.07, 6.45) is 2.81. The van der Waals surface area contributed by atoms with Gasteiger partial charge in [0.2, 0.25) is 14.9 Å².